The maximum Gasteiger partial charge on any atom is 0.257 e. The number of phenols is 1. The van der Waals surface area contributed by atoms with Crippen LogP contribution in [0.2, 0.25) is 0 Å². The van der Waals surface area contributed by atoms with Gasteiger partial charge in [0.05, 0.1) is 5.56 Å². The number of carbonyl (C=O) groups is 1. The molecule has 0 unspecified atom stereocenters. The number of carbonyl (C=O) groups excluding carboxylic acids is 1. The summed E-state index contributed by atoms with van der Waals surface area (Å²) in [6.07, 6.45) is 1.93. The van der Waals surface area contributed by atoms with E-state index in [2.05, 4.69) is 6.92 Å². The molecule has 1 saturated heterocycles. The van der Waals surface area contributed by atoms with Crippen molar-refractivity contribution in [1.82, 2.24) is 4.90 Å². The van der Waals surface area contributed by atoms with E-state index in [9.17, 15) is 14.3 Å². The molecule has 0 aliphatic carbocycles. The highest BCUT2D eigenvalue weighted by molar-refractivity contribution is 5.96. The molecule has 1 aliphatic rings. The molecule has 18 heavy (non-hydrogen) atoms. The second-order valence-corrected chi connectivity index (χ2v) is 5.09. The number of hydrogen-bond acceptors (Lipinski definition) is 2. The van der Waals surface area contributed by atoms with E-state index in [-0.39, 0.29) is 17.2 Å². The quantitative estimate of drug-likeness (QED) is 0.833. The molecule has 1 amide bonds. The summed E-state index contributed by atoms with van der Waals surface area (Å²) in [7, 11) is 0. The van der Waals surface area contributed by atoms with Crippen LogP contribution in [0.25, 0.3) is 0 Å². The zero-order chi connectivity index (χ0) is 13.3. The molecule has 1 heterocycles. The Morgan fingerprint density at radius 2 is 2.00 bits per heavy atom. The highest BCUT2D eigenvalue weighted by Crippen LogP contribution is 2.24. The van der Waals surface area contributed by atoms with Crippen LogP contribution in [-0.4, -0.2) is 29.0 Å². The highest BCUT2D eigenvalue weighted by atomic mass is 19.1. The summed E-state index contributed by atoms with van der Waals surface area (Å²) in [6.45, 7) is 5.16. The number of hydrogen-bond donors (Lipinski definition) is 1. The van der Waals surface area contributed by atoms with Crippen LogP contribution in [0.4, 0.5) is 4.39 Å². The Hall–Kier alpha value is -1.58. The van der Waals surface area contributed by atoms with Crippen LogP contribution in [0.5, 0.6) is 5.75 Å². The minimum Gasteiger partial charge on any atom is -0.508 e. The standard InChI is InChI=1S/C14H18FNO2/c1-9-3-5-16(6-4-9)14(18)13-10(2)7-11(17)8-12(13)15/h7-9,17H,3-6H2,1-2H3. The van der Waals surface area contributed by atoms with Crippen molar-refractivity contribution in [2.75, 3.05) is 13.1 Å². The van der Waals surface area contributed by atoms with E-state index in [1.165, 1.54) is 6.07 Å². The third-order valence-electron chi connectivity index (χ3n) is 3.56. The van der Waals surface area contributed by atoms with Gasteiger partial charge in [0.1, 0.15) is 11.6 Å². The average Bonchev–Trinajstić information content (AvgIpc) is 2.28. The highest BCUT2D eigenvalue weighted by Gasteiger charge is 2.25. The molecule has 2 rings (SSSR count). The number of halogens is 1. The second-order valence-electron chi connectivity index (χ2n) is 5.09. The van der Waals surface area contributed by atoms with Crippen LogP contribution in [0, 0.1) is 18.7 Å². The van der Waals surface area contributed by atoms with Crippen LogP contribution in [0.15, 0.2) is 12.1 Å². The van der Waals surface area contributed by atoms with E-state index in [0.29, 0.717) is 24.6 Å². The van der Waals surface area contributed by atoms with Crippen molar-refractivity contribution in [3.63, 3.8) is 0 Å². The maximum absolute atomic E-state index is 13.8. The fraction of sp³-hybridized carbons (Fsp3) is 0.500. The Kier molecular flexibility index (Phi) is 3.55. The summed E-state index contributed by atoms with van der Waals surface area (Å²) >= 11 is 0. The summed E-state index contributed by atoms with van der Waals surface area (Å²) < 4.78 is 13.8. The van der Waals surface area contributed by atoms with E-state index >= 15 is 0 Å². The Labute approximate surface area is 106 Å². The van der Waals surface area contributed by atoms with Crippen molar-refractivity contribution in [1.29, 1.82) is 0 Å². The number of aromatic hydroxyl groups is 1. The van der Waals surface area contributed by atoms with Gasteiger partial charge in [-0.25, -0.2) is 4.39 Å². The Morgan fingerprint density at radius 1 is 1.39 bits per heavy atom. The van der Waals surface area contributed by atoms with Gasteiger partial charge in [0.25, 0.3) is 5.91 Å². The summed E-state index contributed by atoms with van der Waals surface area (Å²) in [4.78, 5) is 14.0. The molecule has 0 atom stereocenters. The molecule has 3 nitrogen and oxygen atoms in total. The van der Waals surface area contributed by atoms with Gasteiger partial charge >= 0.3 is 0 Å². The third-order valence-corrected chi connectivity index (χ3v) is 3.56. The zero-order valence-corrected chi connectivity index (χ0v) is 10.7. The molecule has 0 saturated carbocycles. The van der Waals surface area contributed by atoms with Crippen LogP contribution in [0.3, 0.4) is 0 Å². The van der Waals surface area contributed by atoms with Crippen LogP contribution >= 0.6 is 0 Å². The first-order valence-corrected chi connectivity index (χ1v) is 6.27. The summed E-state index contributed by atoms with van der Waals surface area (Å²) in [6, 6.07) is 2.41. The fourth-order valence-electron chi connectivity index (χ4n) is 2.37. The van der Waals surface area contributed by atoms with Gasteiger partial charge < -0.3 is 10.0 Å². The third kappa shape index (κ3) is 2.47. The second kappa shape index (κ2) is 4.96. The van der Waals surface area contributed by atoms with Gasteiger partial charge in [-0.2, -0.15) is 0 Å². The minimum absolute atomic E-state index is 0.0855. The van der Waals surface area contributed by atoms with Gasteiger partial charge in [0.2, 0.25) is 0 Å². The molecule has 1 aromatic rings. The molecule has 1 aliphatic heterocycles. The summed E-state index contributed by atoms with van der Waals surface area (Å²) in [5, 5.41) is 9.28. The number of aryl methyl sites for hydroxylation is 1. The number of benzene rings is 1. The van der Waals surface area contributed by atoms with Crippen LogP contribution < -0.4 is 0 Å². The fourth-order valence-corrected chi connectivity index (χ4v) is 2.37. The molecular weight excluding hydrogens is 233 g/mol. The van der Waals surface area contributed by atoms with Crippen molar-refractivity contribution in [2.45, 2.75) is 26.7 Å². The Balaban J connectivity index is 2.24. The van der Waals surface area contributed by atoms with E-state index < -0.39 is 5.82 Å². The minimum atomic E-state index is -0.642. The average molecular weight is 251 g/mol. The number of rotatable bonds is 1. The zero-order valence-electron chi connectivity index (χ0n) is 10.7. The predicted molar refractivity (Wildman–Crippen MR) is 67.1 cm³/mol. The number of phenolic OH excluding ortho intramolecular Hbond substituents is 1. The van der Waals surface area contributed by atoms with Crippen molar-refractivity contribution in [2.24, 2.45) is 5.92 Å². The molecule has 1 N–H and O–H groups in total. The Morgan fingerprint density at radius 3 is 2.56 bits per heavy atom. The lowest BCUT2D eigenvalue weighted by atomic mass is 9.98. The SMILES string of the molecule is Cc1cc(O)cc(F)c1C(=O)N1CCC(C)CC1. The number of piperidine rings is 1. The van der Waals surface area contributed by atoms with Crippen molar-refractivity contribution in [3.8, 4) is 5.75 Å². The topological polar surface area (TPSA) is 40.5 Å². The summed E-state index contributed by atoms with van der Waals surface area (Å²) in [5.74, 6) is -0.429. The van der Waals surface area contributed by atoms with Gasteiger partial charge in [0, 0.05) is 19.2 Å². The van der Waals surface area contributed by atoms with Gasteiger partial charge in [-0.3, -0.25) is 4.79 Å². The number of amides is 1. The molecule has 4 heteroatoms. The molecule has 0 aromatic heterocycles. The van der Waals surface area contributed by atoms with Gasteiger partial charge in [-0.05, 0) is 37.3 Å². The van der Waals surface area contributed by atoms with Crippen LogP contribution in [0.1, 0.15) is 35.7 Å². The maximum atomic E-state index is 13.8. The first kappa shape index (κ1) is 12.9. The Bertz CT molecular complexity index is 442. The van der Waals surface area contributed by atoms with Crippen molar-refractivity contribution >= 4 is 5.91 Å². The lowest BCUT2D eigenvalue weighted by Crippen LogP contribution is -2.38. The smallest absolute Gasteiger partial charge is 0.257 e. The molecular formula is C14H18FNO2. The normalized spacial score (nSPS) is 16.9. The van der Waals surface area contributed by atoms with Crippen LogP contribution in [-0.2, 0) is 0 Å². The number of nitrogens with zero attached hydrogens (tertiary/aromatic N) is 1. The molecule has 98 valence electrons. The largest absolute Gasteiger partial charge is 0.508 e. The lowest BCUT2D eigenvalue weighted by Gasteiger charge is -2.30. The van der Waals surface area contributed by atoms with E-state index in [4.69, 9.17) is 0 Å². The van der Waals surface area contributed by atoms with Gasteiger partial charge in [0.15, 0.2) is 0 Å². The van der Waals surface area contributed by atoms with Crippen molar-refractivity contribution in [3.05, 3.63) is 29.1 Å². The molecule has 0 bridgehead atoms. The van der Waals surface area contributed by atoms with E-state index in [0.717, 1.165) is 18.9 Å². The van der Waals surface area contributed by atoms with Crippen molar-refractivity contribution < 1.29 is 14.3 Å². The molecule has 1 fully saturated rings. The van der Waals surface area contributed by atoms with E-state index in [1.807, 2.05) is 0 Å². The summed E-state index contributed by atoms with van der Waals surface area (Å²) in [5.41, 5.74) is 0.568. The predicted octanol–water partition coefficient (Wildman–Crippen LogP) is 2.71. The first-order valence-electron chi connectivity index (χ1n) is 6.27. The monoisotopic (exact) mass is 251 g/mol. The van der Waals surface area contributed by atoms with E-state index in [1.54, 1.807) is 11.8 Å². The molecule has 0 spiro atoms. The molecule has 1 aromatic carbocycles. The lowest BCUT2D eigenvalue weighted by molar-refractivity contribution is 0.0691. The van der Waals surface area contributed by atoms with Gasteiger partial charge in [-0.15, -0.1) is 0 Å². The molecule has 0 radical (unpaired) electrons. The van der Waals surface area contributed by atoms with Gasteiger partial charge in [-0.1, -0.05) is 6.92 Å². The number of likely N-dealkylation sites (tertiary alicyclic amines) is 1. The first-order chi connectivity index (χ1) is 8.49.